The number of aryl methyl sites for hydroxylation is 1. The first kappa shape index (κ1) is 33.0. The number of methoxy groups -OCH3 is 2. The second kappa shape index (κ2) is 14.1. The van der Waals surface area contributed by atoms with Crippen molar-refractivity contribution in [3.8, 4) is 11.5 Å². The molecular formula is C30H35Cl2N3O6S. The van der Waals surface area contributed by atoms with Crippen LogP contribution in [-0.4, -0.2) is 58.0 Å². The number of hydrogen-bond acceptors (Lipinski definition) is 6. The number of ether oxygens (including phenoxy) is 2. The van der Waals surface area contributed by atoms with Crippen LogP contribution in [0, 0.1) is 6.92 Å². The summed E-state index contributed by atoms with van der Waals surface area (Å²) >= 11 is 12.5. The van der Waals surface area contributed by atoms with Crippen molar-refractivity contribution in [1.29, 1.82) is 0 Å². The summed E-state index contributed by atoms with van der Waals surface area (Å²) in [5.41, 5.74) is 1.72. The molecule has 0 aromatic heterocycles. The lowest BCUT2D eigenvalue weighted by Crippen LogP contribution is -2.52. The average molecular weight is 637 g/mol. The van der Waals surface area contributed by atoms with E-state index in [-0.39, 0.29) is 28.9 Å². The molecule has 1 atom stereocenters. The SMILES string of the molecule is COc1ccc(S(=O)(=O)N(CC(=O)N(Cc2ccc(Cl)cc2Cl)[C@H](C)C(=O)NC(C)C)c2ccc(C)cc2)cc1OC. The predicted molar refractivity (Wildman–Crippen MR) is 165 cm³/mol. The molecule has 0 heterocycles. The van der Waals surface area contributed by atoms with Crippen molar-refractivity contribution in [1.82, 2.24) is 10.2 Å². The van der Waals surface area contributed by atoms with Crippen LogP contribution in [0.2, 0.25) is 10.0 Å². The predicted octanol–water partition coefficient (Wildman–Crippen LogP) is 5.46. The van der Waals surface area contributed by atoms with E-state index in [1.807, 2.05) is 20.8 Å². The van der Waals surface area contributed by atoms with Gasteiger partial charge in [-0.05, 0) is 69.7 Å². The van der Waals surface area contributed by atoms with Crippen LogP contribution in [0.15, 0.2) is 65.6 Å². The van der Waals surface area contributed by atoms with E-state index in [0.717, 1.165) is 9.87 Å². The molecule has 2 amide bonds. The van der Waals surface area contributed by atoms with Gasteiger partial charge in [0.1, 0.15) is 12.6 Å². The molecule has 0 unspecified atom stereocenters. The fraction of sp³-hybridized carbons (Fsp3) is 0.333. The monoisotopic (exact) mass is 635 g/mol. The Hall–Kier alpha value is -3.47. The van der Waals surface area contributed by atoms with E-state index in [1.165, 1.54) is 37.3 Å². The van der Waals surface area contributed by atoms with Gasteiger partial charge >= 0.3 is 0 Å². The molecule has 0 saturated heterocycles. The molecule has 0 saturated carbocycles. The number of anilines is 1. The summed E-state index contributed by atoms with van der Waals surface area (Å²) in [5, 5.41) is 3.54. The van der Waals surface area contributed by atoms with E-state index in [2.05, 4.69) is 5.32 Å². The standard InChI is InChI=1S/C30H35Cl2N3O6S/c1-19(2)33-30(37)21(4)34(17-22-9-10-23(31)15-26(22)32)29(36)18-35(24-11-7-20(3)8-12-24)42(38,39)25-13-14-27(40-5)28(16-25)41-6/h7-16,19,21H,17-18H2,1-6H3,(H,33,37)/t21-/m1/s1. The fourth-order valence-electron chi connectivity index (χ4n) is 4.17. The Bertz CT molecular complexity index is 1530. The van der Waals surface area contributed by atoms with Gasteiger partial charge in [-0.15, -0.1) is 0 Å². The number of amides is 2. The minimum Gasteiger partial charge on any atom is -0.493 e. The lowest BCUT2D eigenvalue weighted by Gasteiger charge is -2.32. The van der Waals surface area contributed by atoms with E-state index in [0.29, 0.717) is 21.4 Å². The van der Waals surface area contributed by atoms with Crippen molar-refractivity contribution >= 4 is 50.7 Å². The molecule has 0 aliphatic rings. The molecule has 42 heavy (non-hydrogen) atoms. The number of sulfonamides is 1. The molecule has 0 spiro atoms. The number of halogens is 2. The van der Waals surface area contributed by atoms with Gasteiger partial charge in [0, 0.05) is 28.7 Å². The smallest absolute Gasteiger partial charge is 0.264 e. The zero-order valence-electron chi connectivity index (χ0n) is 24.4. The van der Waals surface area contributed by atoms with Crippen LogP contribution in [0.5, 0.6) is 11.5 Å². The van der Waals surface area contributed by atoms with E-state index in [1.54, 1.807) is 49.4 Å². The summed E-state index contributed by atoms with van der Waals surface area (Å²) < 4.78 is 39.8. The zero-order chi connectivity index (χ0) is 31.2. The van der Waals surface area contributed by atoms with Crippen LogP contribution in [-0.2, 0) is 26.2 Å². The van der Waals surface area contributed by atoms with Gasteiger partial charge in [0.25, 0.3) is 10.0 Å². The van der Waals surface area contributed by atoms with E-state index in [9.17, 15) is 18.0 Å². The highest BCUT2D eigenvalue weighted by Crippen LogP contribution is 2.32. The average Bonchev–Trinajstić information content (AvgIpc) is 2.94. The van der Waals surface area contributed by atoms with Crippen molar-refractivity contribution in [3.05, 3.63) is 81.8 Å². The van der Waals surface area contributed by atoms with E-state index < -0.39 is 34.4 Å². The Labute approximate surface area is 257 Å². The maximum Gasteiger partial charge on any atom is 0.264 e. The molecule has 1 N–H and O–H groups in total. The molecular weight excluding hydrogens is 601 g/mol. The van der Waals surface area contributed by atoms with Gasteiger partial charge in [0.15, 0.2) is 11.5 Å². The third kappa shape index (κ3) is 7.87. The minimum atomic E-state index is -4.30. The lowest BCUT2D eigenvalue weighted by atomic mass is 10.1. The number of rotatable bonds is 12. The Kier molecular flexibility index (Phi) is 11.1. The molecule has 0 radical (unpaired) electrons. The fourth-order valence-corrected chi connectivity index (χ4v) is 6.06. The van der Waals surface area contributed by atoms with Gasteiger partial charge in [-0.3, -0.25) is 13.9 Å². The van der Waals surface area contributed by atoms with Crippen LogP contribution in [0.4, 0.5) is 5.69 Å². The number of nitrogens with zero attached hydrogens (tertiary/aromatic N) is 2. The van der Waals surface area contributed by atoms with Gasteiger partial charge in [-0.1, -0.05) is 47.0 Å². The number of nitrogens with one attached hydrogen (secondary N) is 1. The maximum absolute atomic E-state index is 14.1. The highest BCUT2D eigenvalue weighted by molar-refractivity contribution is 7.92. The molecule has 9 nitrogen and oxygen atoms in total. The topological polar surface area (TPSA) is 105 Å². The Morgan fingerprint density at radius 3 is 2.12 bits per heavy atom. The molecule has 0 fully saturated rings. The Morgan fingerprint density at radius 1 is 0.905 bits per heavy atom. The quantitative estimate of drug-likeness (QED) is 0.283. The largest absolute Gasteiger partial charge is 0.493 e. The third-order valence-electron chi connectivity index (χ3n) is 6.50. The first-order valence-corrected chi connectivity index (χ1v) is 15.3. The van der Waals surface area contributed by atoms with E-state index >= 15 is 0 Å². The maximum atomic E-state index is 14.1. The van der Waals surface area contributed by atoms with Crippen molar-refractivity contribution in [2.45, 2.75) is 51.2 Å². The summed E-state index contributed by atoms with van der Waals surface area (Å²) in [6, 6.07) is 14.7. The van der Waals surface area contributed by atoms with Gasteiger partial charge < -0.3 is 19.7 Å². The highest BCUT2D eigenvalue weighted by Gasteiger charge is 2.33. The first-order valence-electron chi connectivity index (χ1n) is 13.1. The molecule has 3 aromatic rings. The van der Waals surface area contributed by atoms with Gasteiger partial charge in [-0.2, -0.15) is 0 Å². The normalized spacial score (nSPS) is 12.0. The highest BCUT2D eigenvalue weighted by atomic mass is 35.5. The number of hydrogen-bond donors (Lipinski definition) is 1. The molecule has 3 rings (SSSR count). The van der Waals surface area contributed by atoms with Crippen LogP contribution < -0.4 is 19.1 Å². The molecule has 0 bridgehead atoms. The summed E-state index contributed by atoms with van der Waals surface area (Å²) in [6.45, 7) is 6.42. The van der Waals surface area contributed by atoms with Crippen molar-refractivity contribution in [2.24, 2.45) is 0 Å². The van der Waals surface area contributed by atoms with Crippen LogP contribution in [0.1, 0.15) is 31.9 Å². The summed E-state index contributed by atoms with van der Waals surface area (Å²) in [4.78, 5) is 28.3. The summed E-state index contributed by atoms with van der Waals surface area (Å²) in [7, 11) is -1.45. The molecule has 0 aliphatic carbocycles. The second-order valence-electron chi connectivity index (χ2n) is 9.96. The summed E-state index contributed by atoms with van der Waals surface area (Å²) in [5.74, 6) is -0.442. The van der Waals surface area contributed by atoms with Crippen LogP contribution >= 0.6 is 23.2 Å². The second-order valence-corrected chi connectivity index (χ2v) is 12.7. The molecule has 3 aromatic carbocycles. The Balaban J connectivity index is 2.09. The minimum absolute atomic E-state index is 0.0559. The van der Waals surface area contributed by atoms with Crippen LogP contribution in [0.25, 0.3) is 0 Å². The summed E-state index contributed by atoms with van der Waals surface area (Å²) in [6.07, 6.45) is 0. The van der Waals surface area contributed by atoms with Gasteiger partial charge in [0.2, 0.25) is 11.8 Å². The van der Waals surface area contributed by atoms with Gasteiger partial charge in [0.05, 0.1) is 24.8 Å². The zero-order valence-corrected chi connectivity index (χ0v) is 26.7. The molecule has 226 valence electrons. The van der Waals surface area contributed by atoms with Crippen molar-refractivity contribution < 1.29 is 27.5 Å². The van der Waals surface area contributed by atoms with Crippen LogP contribution in [0.3, 0.4) is 0 Å². The number of carbonyl (C=O) groups excluding carboxylic acids is 2. The Morgan fingerprint density at radius 2 is 1.55 bits per heavy atom. The number of benzene rings is 3. The molecule has 0 aliphatic heterocycles. The van der Waals surface area contributed by atoms with Crippen molar-refractivity contribution in [2.75, 3.05) is 25.1 Å². The third-order valence-corrected chi connectivity index (χ3v) is 8.85. The number of carbonyl (C=O) groups is 2. The van der Waals surface area contributed by atoms with Gasteiger partial charge in [-0.25, -0.2) is 8.42 Å². The first-order chi connectivity index (χ1) is 19.8. The molecule has 12 heteroatoms. The van der Waals surface area contributed by atoms with Crippen molar-refractivity contribution in [3.63, 3.8) is 0 Å². The van der Waals surface area contributed by atoms with E-state index in [4.69, 9.17) is 32.7 Å². The lowest BCUT2D eigenvalue weighted by molar-refractivity contribution is -0.139.